The molecule has 7 nitrogen and oxygen atoms in total. The Bertz CT molecular complexity index is 993. The number of rotatable bonds is 7. The lowest BCUT2D eigenvalue weighted by atomic mass is 10.2. The number of anilines is 1. The highest BCUT2D eigenvalue weighted by atomic mass is 79.9. The first-order chi connectivity index (χ1) is 13.6. The second kappa shape index (κ2) is 10.1. The van der Waals surface area contributed by atoms with Gasteiger partial charge in [0.15, 0.2) is 5.11 Å². The molecule has 156 valence electrons. The predicted octanol–water partition coefficient (Wildman–Crippen LogP) is 3.66. The van der Waals surface area contributed by atoms with Crippen LogP contribution in [0.2, 0.25) is 0 Å². The molecule has 2 rings (SSSR count). The minimum atomic E-state index is -3.57. The number of benzene rings is 2. The number of amides is 1. The lowest BCUT2D eigenvalue weighted by Gasteiger charge is -2.13. The van der Waals surface area contributed by atoms with Crippen LogP contribution in [0.1, 0.15) is 31.1 Å². The number of hydrogen-bond acceptors (Lipinski definition) is 5. The summed E-state index contributed by atoms with van der Waals surface area (Å²) in [4.78, 5) is 12.7. The molecule has 0 bridgehead atoms. The van der Waals surface area contributed by atoms with E-state index in [2.05, 4.69) is 31.3 Å². The topological polar surface area (TPSA) is 96.5 Å². The maximum Gasteiger partial charge on any atom is 0.261 e. The van der Waals surface area contributed by atoms with Crippen molar-refractivity contribution in [1.29, 1.82) is 0 Å². The van der Waals surface area contributed by atoms with Gasteiger partial charge >= 0.3 is 0 Å². The first-order valence-corrected chi connectivity index (χ1v) is 11.5. The molecule has 0 aliphatic rings. The van der Waals surface area contributed by atoms with Crippen molar-refractivity contribution in [1.82, 2.24) is 10.0 Å². The Morgan fingerprint density at radius 2 is 1.83 bits per heavy atom. The lowest BCUT2D eigenvalue weighted by molar-refractivity contribution is 0.0974. The molecule has 2 aromatic rings. The van der Waals surface area contributed by atoms with Gasteiger partial charge in [-0.3, -0.25) is 10.1 Å². The van der Waals surface area contributed by atoms with E-state index in [9.17, 15) is 13.2 Å². The molecule has 0 fully saturated rings. The zero-order valence-corrected chi connectivity index (χ0v) is 19.4. The molecule has 0 radical (unpaired) electrons. The number of nitrogens with one attached hydrogen (secondary N) is 3. The summed E-state index contributed by atoms with van der Waals surface area (Å²) in [5.74, 6) is 0.0239. The largest absolute Gasteiger partial charge is 0.493 e. The first kappa shape index (κ1) is 23.3. The zero-order valence-electron chi connectivity index (χ0n) is 16.2. The summed E-state index contributed by atoms with van der Waals surface area (Å²) in [5.41, 5.74) is 0.879. The van der Waals surface area contributed by atoms with Crippen LogP contribution in [0.15, 0.2) is 51.8 Å². The van der Waals surface area contributed by atoms with Crippen molar-refractivity contribution >= 4 is 54.9 Å². The Morgan fingerprint density at radius 1 is 1.17 bits per heavy atom. The van der Waals surface area contributed by atoms with Crippen molar-refractivity contribution in [3.8, 4) is 5.75 Å². The van der Waals surface area contributed by atoms with E-state index in [-0.39, 0.29) is 16.0 Å². The van der Waals surface area contributed by atoms with Crippen LogP contribution >= 0.6 is 28.1 Å². The van der Waals surface area contributed by atoms with Crippen molar-refractivity contribution in [2.24, 2.45) is 0 Å². The van der Waals surface area contributed by atoms with Crippen LogP contribution < -0.4 is 20.1 Å². The highest BCUT2D eigenvalue weighted by Gasteiger charge is 2.16. The molecule has 0 saturated heterocycles. The summed E-state index contributed by atoms with van der Waals surface area (Å²) >= 11 is 8.53. The smallest absolute Gasteiger partial charge is 0.261 e. The van der Waals surface area contributed by atoms with Gasteiger partial charge in [0, 0.05) is 16.2 Å². The van der Waals surface area contributed by atoms with Crippen LogP contribution in [0.5, 0.6) is 5.75 Å². The number of carbonyl (C=O) groups excluding carboxylic acids is 1. The average Bonchev–Trinajstić information content (AvgIpc) is 2.62. The molecule has 0 saturated carbocycles. The van der Waals surface area contributed by atoms with E-state index in [0.29, 0.717) is 23.6 Å². The third-order valence-electron chi connectivity index (χ3n) is 3.53. The van der Waals surface area contributed by atoms with Gasteiger partial charge in [0.2, 0.25) is 10.0 Å². The SMILES string of the molecule is CCOc1ccc(Br)cc1C(=O)NC(=S)Nc1ccc(S(=O)(=O)NC(C)C)cc1. The predicted molar refractivity (Wildman–Crippen MR) is 121 cm³/mol. The second-order valence-electron chi connectivity index (χ2n) is 6.28. The monoisotopic (exact) mass is 499 g/mol. The van der Waals surface area contributed by atoms with E-state index >= 15 is 0 Å². The van der Waals surface area contributed by atoms with Crippen molar-refractivity contribution in [2.45, 2.75) is 31.7 Å². The summed E-state index contributed by atoms with van der Waals surface area (Å²) in [6.45, 7) is 5.75. The van der Waals surface area contributed by atoms with E-state index < -0.39 is 15.9 Å². The van der Waals surface area contributed by atoms with Crippen LogP contribution in [-0.2, 0) is 10.0 Å². The fourth-order valence-corrected chi connectivity index (χ4v) is 4.21. The van der Waals surface area contributed by atoms with E-state index in [1.165, 1.54) is 12.1 Å². The number of carbonyl (C=O) groups is 1. The second-order valence-corrected chi connectivity index (χ2v) is 9.32. The Hall–Kier alpha value is -2.01. The minimum Gasteiger partial charge on any atom is -0.493 e. The maximum atomic E-state index is 12.6. The average molecular weight is 500 g/mol. The van der Waals surface area contributed by atoms with Crippen molar-refractivity contribution < 1.29 is 17.9 Å². The van der Waals surface area contributed by atoms with E-state index in [0.717, 1.165) is 4.47 Å². The van der Waals surface area contributed by atoms with Gasteiger partial charge in [0.05, 0.1) is 17.1 Å². The van der Waals surface area contributed by atoms with Gasteiger partial charge in [-0.15, -0.1) is 0 Å². The van der Waals surface area contributed by atoms with Gasteiger partial charge in [0.25, 0.3) is 5.91 Å². The molecule has 10 heteroatoms. The molecular formula is C19H22BrN3O4S2. The fraction of sp³-hybridized carbons (Fsp3) is 0.263. The van der Waals surface area contributed by atoms with Crippen molar-refractivity contribution in [3.63, 3.8) is 0 Å². The van der Waals surface area contributed by atoms with Crippen molar-refractivity contribution in [2.75, 3.05) is 11.9 Å². The van der Waals surface area contributed by atoms with Gasteiger partial charge in [0.1, 0.15) is 5.75 Å². The Balaban J connectivity index is 2.06. The molecule has 29 heavy (non-hydrogen) atoms. The summed E-state index contributed by atoms with van der Waals surface area (Å²) in [6, 6.07) is 11.0. The Labute approximate surface area is 184 Å². The molecule has 0 spiro atoms. The summed E-state index contributed by atoms with van der Waals surface area (Å²) in [7, 11) is -3.57. The Morgan fingerprint density at radius 3 is 2.41 bits per heavy atom. The molecule has 1 amide bonds. The highest BCUT2D eigenvalue weighted by Crippen LogP contribution is 2.23. The van der Waals surface area contributed by atoms with Crippen LogP contribution in [0.4, 0.5) is 5.69 Å². The van der Waals surface area contributed by atoms with Crippen LogP contribution in [0.25, 0.3) is 0 Å². The lowest BCUT2D eigenvalue weighted by Crippen LogP contribution is -2.34. The third-order valence-corrected chi connectivity index (χ3v) is 5.90. The van der Waals surface area contributed by atoms with Crippen molar-refractivity contribution in [3.05, 3.63) is 52.5 Å². The molecule has 0 aliphatic carbocycles. The number of hydrogen-bond donors (Lipinski definition) is 3. The van der Waals surface area contributed by atoms with Gasteiger partial charge in [-0.1, -0.05) is 15.9 Å². The summed E-state index contributed by atoms with van der Waals surface area (Å²) < 4.78 is 33.0. The summed E-state index contributed by atoms with van der Waals surface area (Å²) in [6.07, 6.45) is 0. The maximum absolute atomic E-state index is 12.6. The van der Waals surface area contributed by atoms with Gasteiger partial charge in [-0.25, -0.2) is 13.1 Å². The van der Waals surface area contributed by atoms with E-state index in [1.807, 2.05) is 6.92 Å². The third kappa shape index (κ3) is 6.77. The number of ether oxygens (including phenoxy) is 1. The highest BCUT2D eigenvalue weighted by molar-refractivity contribution is 9.10. The Kier molecular flexibility index (Phi) is 8.14. The molecule has 2 aromatic carbocycles. The minimum absolute atomic E-state index is 0.0772. The molecule has 3 N–H and O–H groups in total. The normalized spacial score (nSPS) is 11.2. The molecule has 0 atom stereocenters. The fourth-order valence-electron chi connectivity index (χ4n) is 2.39. The van der Waals surface area contributed by atoms with E-state index in [1.54, 1.807) is 44.2 Å². The number of halogens is 1. The van der Waals surface area contributed by atoms with Crippen LogP contribution in [0, 0.1) is 0 Å². The van der Waals surface area contributed by atoms with Gasteiger partial charge in [-0.2, -0.15) is 0 Å². The molecule has 0 unspecified atom stereocenters. The van der Waals surface area contributed by atoms with Crippen LogP contribution in [-0.4, -0.2) is 32.1 Å². The molecular weight excluding hydrogens is 478 g/mol. The van der Waals surface area contributed by atoms with Crippen LogP contribution in [0.3, 0.4) is 0 Å². The molecule has 0 aromatic heterocycles. The molecule has 0 heterocycles. The van der Waals surface area contributed by atoms with Gasteiger partial charge < -0.3 is 10.1 Å². The first-order valence-electron chi connectivity index (χ1n) is 8.79. The zero-order chi connectivity index (χ0) is 21.6. The summed E-state index contributed by atoms with van der Waals surface area (Å²) in [5, 5.41) is 5.53. The standard InChI is InChI=1S/C19H22BrN3O4S2/c1-4-27-17-10-5-13(20)11-16(17)18(24)22-19(28)21-14-6-8-15(9-7-14)29(25,26)23-12(2)3/h5-12,23H,4H2,1-3H3,(H2,21,22,24,28). The number of sulfonamides is 1. The number of thiocarbonyl (C=S) groups is 1. The molecule has 0 aliphatic heterocycles. The quantitative estimate of drug-likeness (QED) is 0.503. The van der Waals surface area contributed by atoms with E-state index in [4.69, 9.17) is 17.0 Å². The van der Waals surface area contributed by atoms with Gasteiger partial charge in [-0.05, 0) is 75.5 Å².